The fourth-order valence-electron chi connectivity index (χ4n) is 2.52. The highest BCUT2D eigenvalue weighted by Gasteiger charge is 2.37. The van der Waals surface area contributed by atoms with Crippen LogP contribution >= 0.6 is 0 Å². The number of carbonyl (C=O) groups excluding carboxylic acids is 1. The first kappa shape index (κ1) is 18.4. The van der Waals surface area contributed by atoms with E-state index in [0.29, 0.717) is 18.1 Å². The van der Waals surface area contributed by atoms with E-state index in [1.54, 1.807) is 19.1 Å². The molecule has 1 unspecified atom stereocenters. The van der Waals surface area contributed by atoms with E-state index in [1.165, 1.54) is 21.3 Å². The Morgan fingerprint density at radius 1 is 1.17 bits per heavy atom. The Bertz CT molecular complexity index is 597. The van der Waals surface area contributed by atoms with Crippen molar-refractivity contribution in [1.29, 1.82) is 0 Å². The summed E-state index contributed by atoms with van der Waals surface area (Å²) in [4.78, 5) is 12.5. The Labute approximate surface area is 141 Å². The zero-order valence-corrected chi connectivity index (χ0v) is 14.9. The molecule has 0 amide bonds. The van der Waals surface area contributed by atoms with E-state index >= 15 is 0 Å². The SMILES string of the molecule is COc1ccc(C(=O)OC(C)[C@@H]2COC(C)(C)O2)c(OC)c1OC. The lowest BCUT2D eigenvalue weighted by molar-refractivity contribution is -0.150. The molecule has 1 fully saturated rings. The standard InChI is InChI=1S/C17H24O7/c1-10(13-9-22-17(2,3)24-13)23-16(18)11-7-8-12(19-4)15(21-6)14(11)20-5/h7-8,10,13H,9H2,1-6H3/t10?,13-/m0/s1. The fourth-order valence-corrected chi connectivity index (χ4v) is 2.52. The van der Waals surface area contributed by atoms with Crippen molar-refractivity contribution in [2.45, 2.75) is 38.8 Å². The highest BCUT2D eigenvalue weighted by atomic mass is 16.8. The number of hydrogen-bond acceptors (Lipinski definition) is 7. The quantitative estimate of drug-likeness (QED) is 0.736. The van der Waals surface area contributed by atoms with Gasteiger partial charge in [-0.15, -0.1) is 0 Å². The fraction of sp³-hybridized carbons (Fsp3) is 0.588. The summed E-state index contributed by atoms with van der Waals surface area (Å²) in [7, 11) is 4.44. The van der Waals surface area contributed by atoms with Crippen LogP contribution in [0.1, 0.15) is 31.1 Å². The number of methoxy groups -OCH3 is 3. The van der Waals surface area contributed by atoms with E-state index in [1.807, 2.05) is 13.8 Å². The van der Waals surface area contributed by atoms with Crippen molar-refractivity contribution in [2.75, 3.05) is 27.9 Å². The molecule has 1 heterocycles. The highest BCUT2D eigenvalue weighted by Crippen LogP contribution is 2.40. The number of ether oxygens (including phenoxy) is 6. The molecule has 0 spiro atoms. The average Bonchev–Trinajstić information content (AvgIpc) is 2.93. The lowest BCUT2D eigenvalue weighted by Gasteiger charge is -2.22. The van der Waals surface area contributed by atoms with Crippen LogP contribution < -0.4 is 14.2 Å². The highest BCUT2D eigenvalue weighted by molar-refractivity contribution is 5.94. The maximum atomic E-state index is 12.5. The van der Waals surface area contributed by atoms with Crippen molar-refractivity contribution >= 4 is 5.97 Å². The molecule has 0 aliphatic carbocycles. The topological polar surface area (TPSA) is 72.5 Å². The molecule has 0 aromatic heterocycles. The number of benzene rings is 1. The zero-order chi connectivity index (χ0) is 17.9. The van der Waals surface area contributed by atoms with E-state index in [2.05, 4.69) is 0 Å². The smallest absolute Gasteiger partial charge is 0.342 e. The molecule has 7 heteroatoms. The molecule has 134 valence electrons. The molecular weight excluding hydrogens is 316 g/mol. The van der Waals surface area contributed by atoms with Crippen LogP contribution in [0.25, 0.3) is 0 Å². The van der Waals surface area contributed by atoms with Crippen molar-refractivity contribution in [2.24, 2.45) is 0 Å². The van der Waals surface area contributed by atoms with Crippen molar-refractivity contribution in [3.05, 3.63) is 17.7 Å². The van der Waals surface area contributed by atoms with Crippen LogP contribution in [-0.2, 0) is 14.2 Å². The molecule has 0 saturated carbocycles. The van der Waals surface area contributed by atoms with Gasteiger partial charge in [0.25, 0.3) is 0 Å². The van der Waals surface area contributed by atoms with Gasteiger partial charge < -0.3 is 28.4 Å². The van der Waals surface area contributed by atoms with Gasteiger partial charge in [-0.3, -0.25) is 0 Å². The van der Waals surface area contributed by atoms with Crippen LogP contribution in [0, 0.1) is 0 Å². The maximum Gasteiger partial charge on any atom is 0.342 e. The average molecular weight is 340 g/mol. The lowest BCUT2D eigenvalue weighted by atomic mass is 10.1. The van der Waals surface area contributed by atoms with Gasteiger partial charge in [0.1, 0.15) is 17.8 Å². The van der Waals surface area contributed by atoms with Crippen molar-refractivity contribution in [3.63, 3.8) is 0 Å². The van der Waals surface area contributed by atoms with Gasteiger partial charge in [-0.05, 0) is 32.9 Å². The Hall–Kier alpha value is -1.99. The van der Waals surface area contributed by atoms with Crippen LogP contribution in [0.3, 0.4) is 0 Å². The summed E-state index contributed by atoms with van der Waals surface area (Å²) >= 11 is 0. The van der Waals surface area contributed by atoms with Crippen LogP contribution in [0.2, 0.25) is 0 Å². The molecule has 0 radical (unpaired) electrons. The Morgan fingerprint density at radius 2 is 1.83 bits per heavy atom. The minimum absolute atomic E-state index is 0.250. The van der Waals surface area contributed by atoms with Crippen molar-refractivity contribution in [1.82, 2.24) is 0 Å². The number of hydrogen-bond donors (Lipinski definition) is 0. The monoisotopic (exact) mass is 340 g/mol. The van der Waals surface area contributed by atoms with E-state index in [0.717, 1.165) is 0 Å². The number of esters is 1. The zero-order valence-electron chi connectivity index (χ0n) is 14.9. The van der Waals surface area contributed by atoms with Gasteiger partial charge in [0, 0.05) is 0 Å². The third kappa shape index (κ3) is 3.73. The molecule has 1 aliphatic heterocycles. The summed E-state index contributed by atoms with van der Waals surface area (Å²) in [6.45, 7) is 5.77. The van der Waals surface area contributed by atoms with Crippen LogP contribution in [0.15, 0.2) is 12.1 Å². The summed E-state index contributed by atoms with van der Waals surface area (Å²) in [5.41, 5.74) is 0.250. The van der Waals surface area contributed by atoms with E-state index in [-0.39, 0.29) is 17.4 Å². The molecule has 0 bridgehead atoms. The summed E-state index contributed by atoms with van der Waals surface area (Å²) in [5.74, 6) is -0.143. The molecule has 1 aromatic carbocycles. The van der Waals surface area contributed by atoms with Gasteiger partial charge in [-0.2, -0.15) is 0 Å². The van der Waals surface area contributed by atoms with Gasteiger partial charge in [-0.1, -0.05) is 0 Å². The first-order valence-electron chi connectivity index (χ1n) is 7.64. The predicted molar refractivity (Wildman–Crippen MR) is 85.9 cm³/mol. The predicted octanol–water partition coefficient (Wildman–Crippen LogP) is 2.41. The Morgan fingerprint density at radius 3 is 2.33 bits per heavy atom. The summed E-state index contributed by atoms with van der Waals surface area (Å²) < 4.78 is 32.5. The molecule has 7 nitrogen and oxygen atoms in total. The van der Waals surface area contributed by atoms with E-state index in [4.69, 9.17) is 28.4 Å². The van der Waals surface area contributed by atoms with Crippen LogP contribution in [0.5, 0.6) is 17.2 Å². The summed E-state index contributed by atoms with van der Waals surface area (Å²) in [5, 5.41) is 0. The van der Waals surface area contributed by atoms with E-state index < -0.39 is 17.9 Å². The van der Waals surface area contributed by atoms with Crippen LogP contribution in [0.4, 0.5) is 0 Å². The second kappa shape index (κ2) is 7.27. The molecular formula is C17H24O7. The lowest BCUT2D eigenvalue weighted by Crippen LogP contribution is -2.32. The third-order valence-corrected chi connectivity index (χ3v) is 3.77. The molecule has 2 rings (SSSR count). The minimum atomic E-state index is -0.674. The Balaban J connectivity index is 2.18. The summed E-state index contributed by atoms with van der Waals surface area (Å²) in [6.07, 6.45) is -0.799. The second-order valence-electron chi connectivity index (χ2n) is 5.86. The van der Waals surface area contributed by atoms with Gasteiger partial charge in [0.2, 0.25) is 5.75 Å². The Kier molecular flexibility index (Phi) is 5.56. The maximum absolute atomic E-state index is 12.5. The molecule has 1 aliphatic rings. The van der Waals surface area contributed by atoms with E-state index in [9.17, 15) is 4.79 Å². The van der Waals surface area contributed by atoms with Crippen molar-refractivity contribution < 1.29 is 33.2 Å². The van der Waals surface area contributed by atoms with Crippen molar-refractivity contribution in [3.8, 4) is 17.2 Å². The van der Waals surface area contributed by atoms with Gasteiger partial charge in [0.15, 0.2) is 17.3 Å². The largest absolute Gasteiger partial charge is 0.493 e. The van der Waals surface area contributed by atoms with Gasteiger partial charge >= 0.3 is 5.97 Å². The van der Waals surface area contributed by atoms with Crippen LogP contribution in [-0.4, -0.2) is 51.9 Å². The number of carbonyl (C=O) groups is 1. The molecule has 24 heavy (non-hydrogen) atoms. The first-order valence-corrected chi connectivity index (χ1v) is 7.64. The van der Waals surface area contributed by atoms with Gasteiger partial charge in [-0.25, -0.2) is 4.79 Å². The molecule has 0 N–H and O–H groups in total. The number of rotatable bonds is 6. The third-order valence-electron chi connectivity index (χ3n) is 3.77. The first-order chi connectivity index (χ1) is 11.3. The normalized spacial score (nSPS) is 20.3. The molecule has 1 saturated heterocycles. The molecule has 2 atom stereocenters. The summed E-state index contributed by atoms with van der Waals surface area (Å²) in [6, 6.07) is 3.20. The minimum Gasteiger partial charge on any atom is -0.493 e. The second-order valence-corrected chi connectivity index (χ2v) is 5.86. The molecule has 1 aromatic rings. The van der Waals surface area contributed by atoms with Gasteiger partial charge in [0.05, 0.1) is 27.9 Å².